The Hall–Kier alpha value is -1.92. The van der Waals surface area contributed by atoms with Gasteiger partial charge in [0.05, 0.1) is 24.2 Å². The molecule has 1 aromatic heterocycles. The molecule has 0 bridgehead atoms. The third-order valence-electron chi connectivity index (χ3n) is 4.65. The monoisotopic (exact) mass is 346 g/mol. The minimum Gasteiger partial charge on any atom is -0.486 e. The molecule has 1 aliphatic rings. The van der Waals surface area contributed by atoms with Crippen molar-refractivity contribution in [2.75, 3.05) is 13.1 Å². The second-order valence-corrected chi connectivity index (χ2v) is 8.21. The van der Waals surface area contributed by atoms with Gasteiger partial charge in [0.2, 0.25) is 10.0 Å². The second kappa shape index (κ2) is 6.18. The molecule has 0 unspecified atom stereocenters. The summed E-state index contributed by atoms with van der Waals surface area (Å²) < 4.78 is 33.3. The molecular formula is C18H22N2O3S. The number of rotatable bonds is 4. The molecule has 5 nitrogen and oxygen atoms in total. The summed E-state index contributed by atoms with van der Waals surface area (Å²) in [5.41, 5.74) is 3.66. The van der Waals surface area contributed by atoms with Gasteiger partial charge in [-0.1, -0.05) is 6.07 Å². The fraction of sp³-hybridized carbons (Fsp3) is 0.389. The molecule has 1 aliphatic heterocycles. The van der Waals surface area contributed by atoms with Crippen LogP contribution in [0.2, 0.25) is 0 Å². The van der Waals surface area contributed by atoms with Crippen molar-refractivity contribution in [3.8, 4) is 5.75 Å². The molecule has 0 saturated carbocycles. The fourth-order valence-corrected chi connectivity index (χ4v) is 5.06. The number of hydrogen-bond donors (Lipinski definition) is 0. The minimum absolute atomic E-state index is 0.129. The Morgan fingerprint density at radius 2 is 1.75 bits per heavy atom. The van der Waals surface area contributed by atoms with Gasteiger partial charge in [0, 0.05) is 6.20 Å². The van der Waals surface area contributed by atoms with Crippen LogP contribution in [0.5, 0.6) is 5.75 Å². The van der Waals surface area contributed by atoms with E-state index in [0.29, 0.717) is 23.7 Å². The van der Waals surface area contributed by atoms with Gasteiger partial charge in [0.15, 0.2) is 0 Å². The number of nitrogens with zero attached hydrogens (tertiary/aromatic N) is 2. The molecule has 0 amide bonds. The summed E-state index contributed by atoms with van der Waals surface area (Å²) in [6.07, 6.45) is 3.18. The SMILES string of the molecule is Cc1cc(C)c(C)c(S(=O)(=O)N2CC(Oc3cccnc3)C2)c1C. The lowest BCUT2D eigenvalue weighted by atomic mass is 10.0. The van der Waals surface area contributed by atoms with Gasteiger partial charge in [-0.05, 0) is 62.1 Å². The van der Waals surface area contributed by atoms with E-state index in [1.165, 1.54) is 4.31 Å². The van der Waals surface area contributed by atoms with Gasteiger partial charge in [0.25, 0.3) is 0 Å². The maximum absolute atomic E-state index is 13.0. The van der Waals surface area contributed by atoms with Crippen molar-refractivity contribution in [1.29, 1.82) is 0 Å². The Labute approximate surface area is 143 Å². The zero-order valence-corrected chi connectivity index (χ0v) is 15.2. The lowest BCUT2D eigenvalue weighted by Crippen LogP contribution is -2.56. The molecular weight excluding hydrogens is 324 g/mol. The summed E-state index contributed by atoms with van der Waals surface area (Å²) in [4.78, 5) is 4.44. The molecule has 2 aromatic rings. The number of sulfonamides is 1. The predicted octanol–water partition coefficient (Wildman–Crippen LogP) is 2.77. The van der Waals surface area contributed by atoms with Crippen LogP contribution in [-0.4, -0.2) is 36.9 Å². The van der Waals surface area contributed by atoms with Crippen LogP contribution < -0.4 is 4.74 Å². The van der Waals surface area contributed by atoms with E-state index < -0.39 is 10.0 Å². The Kier molecular flexibility index (Phi) is 4.36. The van der Waals surface area contributed by atoms with Crippen LogP contribution in [0.3, 0.4) is 0 Å². The highest BCUT2D eigenvalue weighted by molar-refractivity contribution is 7.89. The number of benzene rings is 1. The van der Waals surface area contributed by atoms with Crippen molar-refractivity contribution in [2.24, 2.45) is 0 Å². The van der Waals surface area contributed by atoms with Crippen LogP contribution in [0.4, 0.5) is 0 Å². The van der Waals surface area contributed by atoms with E-state index in [1.807, 2.05) is 39.8 Å². The average molecular weight is 346 g/mol. The van der Waals surface area contributed by atoms with E-state index in [0.717, 1.165) is 22.3 Å². The summed E-state index contributed by atoms with van der Waals surface area (Å²) in [6, 6.07) is 5.65. The first-order valence-electron chi connectivity index (χ1n) is 7.95. The lowest BCUT2D eigenvalue weighted by molar-refractivity contribution is 0.0758. The normalized spacial score (nSPS) is 16.0. The Balaban J connectivity index is 1.79. The van der Waals surface area contributed by atoms with E-state index in [1.54, 1.807) is 18.5 Å². The average Bonchev–Trinajstić information content (AvgIpc) is 2.49. The van der Waals surface area contributed by atoms with Gasteiger partial charge in [-0.2, -0.15) is 4.31 Å². The topological polar surface area (TPSA) is 59.5 Å². The van der Waals surface area contributed by atoms with Gasteiger partial charge >= 0.3 is 0 Å². The van der Waals surface area contributed by atoms with Crippen LogP contribution in [-0.2, 0) is 10.0 Å². The first kappa shape index (κ1) is 16.9. The maximum atomic E-state index is 13.0. The van der Waals surface area contributed by atoms with Crippen LogP contribution in [0.1, 0.15) is 22.3 Å². The molecule has 24 heavy (non-hydrogen) atoms. The first-order valence-corrected chi connectivity index (χ1v) is 9.39. The summed E-state index contributed by atoms with van der Waals surface area (Å²) in [5.74, 6) is 0.665. The number of aryl methyl sites for hydroxylation is 2. The standard InChI is InChI=1S/C18H22N2O3S/c1-12-8-13(2)15(4)18(14(12)3)24(21,22)20-10-17(11-20)23-16-6-5-7-19-9-16/h5-9,17H,10-11H2,1-4H3. The molecule has 1 saturated heterocycles. The lowest BCUT2D eigenvalue weighted by Gasteiger charge is -2.38. The number of ether oxygens (including phenoxy) is 1. The molecule has 6 heteroatoms. The molecule has 1 aromatic carbocycles. The predicted molar refractivity (Wildman–Crippen MR) is 92.8 cm³/mol. The maximum Gasteiger partial charge on any atom is 0.243 e. The minimum atomic E-state index is -3.50. The van der Waals surface area contributed by atoms with Crippen molar-refractivity contribution in [3.05, 3.63) is 52.8 Å². The van der Waals surface area contributed by atoms with Crippen molar-refractivity contribution in [1.82, 2.24) is 9.29 Å². The van der Waals surface area contributed by atoms with Gasteiger partial charge in [-0.25, -0.2) is 8.42 Å². The molecule has 128 valence electrons. The zero-order valence-electron chi connectivity index (χ0n) is 14.4. The van der Waals surface area contributed by atoms with Gasteiger partial charge in [0.1, 0.15) is 11.9 Å². The third-order valence-corrected chi connectivity index (χ3v) is 6.75. The fourth-order valence-electron chi connectivity index (χ4n) is 2.98. The van der Waals surface area contributed by atoms with Crippen molar-refractivity contribution in [2.45, 2.75) is 38.7 Å². The van der Waals surface area contributed by atoms with Crippen molar-refractivity contribution >= 4 is 10.0 Å². The molecule has 0 spiro atoms. The van der Waals surface area contributed by atoms with Gasteiger partial charge in [-0.15, -0.1) is 0 Å². The van der Waals surface area contributed by atoms with E-state index in [-0.39, 0.29) is 6.10 Å². The highest BCUT2D eigenvalue weighted by atomic mass is 32.2. The van der Waals surface area contributed by atoms with E-state index in [4.69, 9.17) is 4.74 Å². The van der Waals surface area contributed by atoms with Crippen molar-refractivity contribution in [3.63, 3.8) is 0 Å². The quantitative estimate of drug-likeness (QED) is 0.854. The molecule has 0 radical (unpaired) electrons. The van der Waals surface area contributed by atoms with Gasteiger partial charge in [-0.3, -0.25) is 4.98 Å². The van der Waals surface area contributed by atoms with Gasteiger partial charge < -0.3 is 4.74 Å². The molecule has 0 aliphatic carbocycles. The van der Waals surface area contributed by atoms with E-state index >= 15 is 0 Å². The molecule has 0 atom stereocenters. The Bertz CT molecular complexity index is 831. The van der Waals surface area contributed by atoms with E-state index in [2.05, 4.69) is 4.98 Å². The highest BCUT2D eigenvalue weighted by Gasteiger charge is 2.39. The molecule has 0 N–H and O–H groups in total. The Morgan fingerprint density at radius 1 is 1.12 bits per heavy atom. The van der Waals surface area contributed by atoms with Crippen LogP contribution in [0, 0.1) is 27.7 Å². The number of aromatic nitrogens is 1. The summed E-state index contributed by atoms with van der Waals surface area (Å²) in [6.45, 7) is 8.37. The Morgan fingerprint density at radius 3 is 2.29 bits per heavy atom. The third kappa shape index (κ3) is 2.91. The smallest absolute Gasteiger partial charge is 0.243 e. The van der Waals surface area contributed by atoms with Crippen LogP contribution in [0.15, 0.2) is 35.5 Å². The summed E-state index contributed by atoms with van der Waals surface area (Å²) in [5, 5.41) is 0. The molecule has 2 heterocycles. The van der Waals surface area contributed by atoms with Crippen LogP contribution in [0.25, 0.3) is 0 Å². The number of pyridine rings is 1. The molecule has 1 fully saturated rings. The summed E-state index contributed by atoms with van der Waals surface area (Å²) >= 11 is 0. The van der Waals surface area contributed by atoms with Crippen LogP contribution >= 0.6 is 0 Å². The molecule has 3 rings (SSSR count). The summed E-state index contributed by atoms with van der Waals surface area (Å²) in [7, 11) is -3.50. The van der Waals surface area contributed by atoms with E-state index in [9.17, 15) is 8.42 Å². The first-order chi connectivity index (χ1) is 11.3. The van der Waals surface area contributed by atoms with Crippen molar-refractivity contribution < 1.29 is 13.2 Å². The highest BCUT2D eigenvalue weighted by Crippen LogP contribution is 2.31. The zero-order chi connectivity index (χ0) is 17.5. The largest absolute Gasteiger partial charge is 0.486 e. The number of hydrogen-bond acceptors (Lipinski definition) is 4. The second-order valence-electron chi connectivity index (χ2n) is 6.34.